The molecule has 2 rings (SSSR count). The number of thiazole rings is 1. The minimum atomic E-state index is -0.261. The number of halogens is 2. The number of nitrogens with zero attached hydrogens (tertiary/aromatic N) is 1. The smallest absolute Gasteiger partial charge is 0.134 e. The zero-order valence-corrected chi connectivity index (χ0v) is 10.8. The molecule has 0 aliphatic rings. The molecule has 0 aliphatic heterocycles. The molecule has 0 aliphatic carbocycles. The molecule has 1 heterocycles. The van der Waals surface area contributed by atoms with Gasteiger partial charge in [-0.05, 0) is 24.7 Å². The van der Waals surface area contributed by atoms with Crippen LogP contribution < -0.4 is 5.73 Å². The second-order valence-electron chi connectivity index (χ2n) is 3.31. The van der Waals surface area contributed by atoms with Crippen LogP contribution in [0.15, 0.2) is 28.1 Å². The zero-order valence-electron chi connectivity index (χ0n) is 8.41. The maximum Gasteiger partial charge on any atom is 0.134 e. The quantitative estimate of drug-likeness (QED) is 0.945. The van der Waals surface area contributed by atoms with Crippen molar-refractivity contribution in [2.45, 2.75) is 6.42 Å². The lowest BCUT2D eigenvalue weighted by atomic mass is 10.2. The van der Waals surface area contributed by atoms with Crippen LogP contribution in [0.2, 0.25) is 0 Å². The molecule has 0 fully saturated rings. The first-order valence-corrected chi connectivity index (χ1v) is 6.48. The minimum absolute atomic E-state index is 0.261. The fourth-order valence-corrected chi connectivity index (χ4v) is 2.57. The average Bonchev–Trinajstić information content (AvgIpc) is 2.67. The van der Waals surface area contributed by atoms with Crippen molar-refractivity contribution in [3.63, 3.8) is 0 Å². The molecule has 1 aromatic heterocycles. The van der Waals surface area contributed by atoms with Crippen molar-refractivity contribution >= 4 is 27.3 Å². The van der Waals surface area contributed by atoms with Gasteiger partial charge >= 0.3 is 0 Å². The molecule has 2 nitrogen and oxygen atoms in total. The van der Waals surface area contributed by atoms with Crippen LogP contribution in [0.25, 0.3) is 10.6 Å². The highest BCUT2D eigenvalue weighted by molar-refractivity contribution is 9.10. The summed E-state index contributed by atoms with van der Waals surface area (Å²) in [7, 11) is 0. The molecule has 0 spiro atoms. The third-order valence-electron chi connectivity index (χ3n) is 2.11. The van der Waals surface area contributed by atoms with Crippen LogP contribution in [0.3, 0.4) is 0 Å². The monoisotopic (exact) mass is 300 g/mol. The average molecular weight is 301 g/mol. The molecule has 2 N–H and O–H groups in total. The van der Waals surface area contributed by atoms with Gasteiger partial charge in [0.15, 0.2) is 0 Å². The molecule has 0 saturated heterocycles. The Bertz CT molecular complexity index is 498. The summed E-state index contributed by atoms with van der Waals surface area (Å²) in [6, 6.07) is 4.98. The fourth-order valence-electron chi connectivity index (χ4n) is 1.36. The molecule has 0 unspecified atom stereocenters. The zero-order chi connectivity index (χ0) is 11.5. The Labute approximate surface area is 105 Å². The van der Waals surface area contributed by atoms with Crippen LogP contribution >= 0.6 is 27.3 Å². The van der Waals surface area contributed by atoms with E-state index >= 15 is 0 Å². The molecule has 0 radical (unpaired) electrons. The summed E-state index contributed by atoms with van der Waals surface area (Å²) in [6.07, 6.45) is 0.731. The first kappa shape index (κ1) is 11.7. The molecule has 5 heteroatoms. The van der Waals surface area contributed by atoms with E-state index in [4.69, 9.17) is 5.73 Å². The summed E-state index contributed by atoms with van der Waals surface area (Å²) >= 11 is 4.67. The van der Waals surface area contributed by atoms with E-state index in [0.29, 0.717) is 17.1 Å². The number of hydrogen-bond acceptors (Lipinski definition) is 3. The van der Waals surface area contributed by atoms with Gasteiger partial charge in [0, 0.05) is 21.8 Å². The molecule has 16 heavy (non-hydrogen) atoms. The summed E-state index contributed by atoms with van der Waals surface area (Å²) in [5.41, 5.74) is 6.90. The van der Waals surface area contributed by atoms with E-state index in [1.165, 1.54) is 17.4 Å². The van der Waals surface area contributed by atoms with Crippen LogP contribution in [0, 0.1) is 5.82 Å². The summed E-state index contributed by atoms with van der Waals surface area (Å²) < 4.78 is 14.4. The third kappa shape index (κ3) is 2.48. The van der Waals surface area contributed by atoms with Crippen LogP contribution in [-0.2, 0) is 6.42 Å². The van der Waals surface area contributed by atoms with E-state index in [-0.39, 0.29) is 5.82 Å². The molecule has 0 saturated carbocycles. The second-order valence-corrected chi connectivity index (χ2v) is 5.08. The predicted octanol–water partition coefficient (Wildman–Crippen LogP) is 3.21. The van der Waals surface area contributed by atoms with Gasteiger partial charge in [-0.3, -0.25) is 0 Å². The summed E-state index contributed by atoms with van der Waals surface area (Å²) in [5.74, 6) is -0.261. The van der Waals surface area contributed by atoms with Gasteiger partial charge in [0.25, 0.3) is 0 Å². The first-order chi connectivity index (χ1) is 7.70. The Morgan fingerprint density at radius 1 is 1.44 bits per heavy atom. The normalized spacial score (nSPS) is 10.7. The van der Waals surface area contributed by atoms with E-state index in [1.54, 1.807) is 6.07 Å². The molecule has 0 atom stereocenters. The molecule has 1 aromatic carbocycles. The molecule has 84 valence electrons. The van der Waals surface area contributed by atoms with E-state index < -0.39 is 0 Å². The Morgan fingerprint density at radius 3 is 2.94 bits per heavy atom. The molecule has 2 aromatic rings. The van der Waals surface area contributed by atoms with Gasteiger partial charge in [-0.1, -0.05) is 15.9 Å². The number of benzene rings is 1. The Morgan fingerprint density at radius 2 is 2.25 bits per heavy atom. The Balaban J connectivity index is 2.35. The van der Waals surface area contributed by atoms with Crippen molar-refractivity contribution < 1.29 is 4.39 Å². The topological polar surface area (TPSA) is 38.9 Å². The van der Waals surface area contributed by atoms with Gasteiger partial charge in [0.1, 0.15) is 10.8 Å². The van der Waals surface area contributed by atoms with E-state index in [0.717, 1.165) is 16.6 Å². The molecular weight excluding hydrogens is 291 g/mol. The standard InChI is InChI=1S/C11H10BrFN2S/c12-7-1-2-9(10(13)5-7)11-15-8(3-4-14)6-16-11/h1-2,5-6H,3-4,14H2. The van der Waals surface area contributed by atoms with Crippen LogP contribution in [0.1, 0.15) is 5.69 Å². The van der Waals surface area contributed by atoms with Crippen molar-refractivity contribution in [1.29, 1.82) is 0 Å². The van der Waals surface area contributed by atoms with Crippen LogP contribution in [0.4, 0.5) is 4.39 Å². The number of rotatable bonds is 3. The highest BCUT2D eigenvalue weighted by Crippen LogP contribution is 2.28. The van der Waals surface area contributed by atoms with Gasteiger partial charge in [-0.25, -0.2) is 9.37 Å². The number of aromatic nitrogens is 1. The number of hydrogen-bond donors (Lipinski definition) is 1. The molecular formula is C11H10BrFN2S. The van der Waals surface area contributed by atoms with Crippen molar-refractivity contribution in [3.05, 3.63) is 39.6 Å². The van der Waals surface area contributed by atoms with Crippen LogP contribution in [-0.4, -0.2) is 11.5 Å². The van der Waals surface area contributed by atoms with Gasteiger partial charge in [-0.15, -0.1) is 11.3 Å². The highest BCUT2D eigenvalue weighted by Gasteiger charge is 2.09. The van der Waals surface area contributed by atoms with Crippen molar-refractivity contribution in [2.75, 3.05) is 6.54 Å². The second kappa shape index (κ2) is 5.03. The van der Waals surface area contributed by atoms with Gasteiger partial charge in [-0.2, -0.15) is 0 Å². The lowest BCUT2D eigenvalue weighted by Gasteiger charge is -1.99. The molecule has 0 amide bonds. The summed E-state index contributed by atoms with van der Waals surface area (Å²) in [5, 5.41) is 2.62. The number of nitrogens with two attached hydrogens (primary N) is 1. The first-order valence-electron chi connectivity index (χ1n) is 4.80. The SMILES string of the molecule is NCCc1csc(-c2ccc(Br)cc2F)n1. The largest absolute Gasteiger partial charge is 0.330 e. The summed E-state index contributed by atoms with van der Waals surface area (Å²) in [6.45, 7) is 0.562. The van der Waals surface area contributed by atoms with Crippen molar-refractivity contribution in [1.82, 2.24) is 4.98 Å². The minimum Gasteiger partial charge on any atom is -0.330 e. The fraction of sp³-hybridized carbons (Fsp3) is 0.182. The molecule has 0 bridgehead atoms. The summed E-state index contributed by atoms with van der Waals surface area (Å²) in [4.78, 5) is 4.34. The maximum absolute atomic E-state index is 13.6. The van der Waals surface area contributed by atoms with Crippen LogP contribution in [0.5, 0.6) is 0 Å². The highest BCUT2D eigenvalue weighted by atomic mass is 79.9. The van der Waals surface area contributed by atoms with E-state index in [1.807, 2.05) is 11.4 Å². The van der Waals surface area contributed by atoms with E-state index in [9.17, 15) is 4.39 Å². The maximum atomic E-state index is 13.6. The Kier molecular flexibility index (Phi) is 3.68. The van der Waals surface area contributed by atoms with Gasteiger partial charge in [0.2, 0.25) is 0 Å². The Hall–Kier alpha value is -0.780. The van der Waals surface area contributed by atoms with Crippen molar-refractivity contribution in [2.24, 2.45) is 5.73 Å². The van der Waals surface area contributed by atoms with E-state index in [2.05, 4.69) is 20.9 Å². The lowest BCUT2D eigenvalue weighted by molar-refractivity contribution is 0.630. The van der Waals surface area contributed by atoms with Gasteiger partial charge in [0.05, 0.1) is 5.69 Å². The predicted molar refractivity (Wildman–Crippen MR) is 68.0 cm³/mol. The lowest BCUT2D eigenvalue weighted by Crippen LogP contribution is -2.02. The third-order valence-corrected chi connectivity index (χ3v) is 3.53. The van der Waals surface area contributed by atoms with Gasteiger partial charge < -0.3 is 5.73 Å². The van der Waals surface area contributed by atoms with Crippen molar-refractivity contribution in [3.8, 4) is 10.6 Å².